The predicted molar refractivity (Wildman–Crippen MR) is 284 cm³/mol. The quantitative estimate of drug-likeness (QED) is 0.115. The van der Waals surface area contributed by atoms with Crippen molar-refractivity contribution in [2.75, 3.05) is 26.2 Å². The highest BCUT2D eigenvalue weighted by Gasteiger charge is 2.53. The lowest BCUT2D eigenvalue weighted by atomic mass is 9.92. The number of fused-ring (bicyclic) bond motifs is 4. The number of amides is 4. The summed E-state index contributed by atoms with van der Waals surface area (Å²) < 4.78 is 20.6. The molecule has 1 saturated heterocycles. The average Bonchev–Trinajstić information content (AvgIpc) is 3.29. The van der Waals surface area contributed by atoms with Gasteiger partial charge < -0.3 is 34.9 Å². The number of carbonyl (C=O) groups is 16. The van der Waals surface area contributed by atoms with Crippen molar-refractivity contribution in [1.29, 1.82) is 0 Å². The Kier molecular flexibility index (Phi) is 18.0. The molecule has 1 heterocycles. The Labute approximate surface area is 471 Å². The maximum absolute atomic E-state index is 13.5. The highest BCUT2D eigenvalue weighted by molar-refractivity contribution is 6.41. The highest BCUT2D eigenvalue weighted by Crippen LogP contribution is 2.39. The third-order valence-corrected chi connectivity index (χ3v) is 13.1. The molecule has 0 bridgehead atoms. The number of unbranched alkanes of at least 4 members (excludes halogenated alkanes) is 1. The van der Waals surface area contributed by atoms with E-state index in [0.29, 0.717) is 19.3 Å². The molecular weight excluding hydrogens is 1070 g/mol. The number of likely N-dealkylation sites (tertiary alicyclic amines) is 1. The van der Waals surface area contributed by atoms with Gasteiger partial charge in [-0.1, -0.05) is 0 Å². The molecule has 4 amide bonds. The summed E-state index contributed by atoms with van der Waals surface area (Å²) in [5.74, 6) is -16.5. The Hall–Kier alpha value is -8.44. The van der Waals surface area contributed by atoms with Gasteiger partial charge in [-0.3, -0.25) is 62.4 Å². The molecule has 4 aliphatic carbocycles. The second kappa shape index (κ2) is 23.6. The minimum Gasteiger partial charge on any atom is -0.444 e. The summed E-state index contributed by atoms with van der Waals surface area (Å²) in [6.07, 6.45) is -1.74. The maximum atomic E-state index is 13.5. The van der Waals surface area contributed by atoms with Crippen molar-refractivity contribution < 1.29 is 95.7 Å². The first-order valence-electron chi connectivity index (χ1n) is 26.5. The fourth-order valence-electron chi connectivity index (χ4n) is 9.70. The molecule has 24 heteroatoms. The Bertz CT molecular complexity index is 2970. The number of ketones is 12. The summed E-state index contributed by atoms with van der Waals surface area (Å²) >= 11 is 0. The number of nitrogens with one attached hydrogen (secondary N) is 3. The van der Waals surface area contributed by atoms with E-state index in [1.54, 1.807) is 83.1 Å². The largest absolute Gasteiger partial charge is 0.444 e. The zero-order valence-corrected chi connectivity index (χ0v) is 47.7. The molecule has 2 aromatic rings. The average molecular weight is 1140 g/mol. The van der Waals surface area contributed by atoms with E-state index in [1.807, 2.05) is 0 Å². The molecular formula is C58H66N4O20. The van der Waals surface area contributed by atoms with E-state index in [0.717, 1.165) is 24.3 Å². The molecule has 0 spiro atoms. The SMILES string of the molecule is CC(C)(C)OC(=O)NCC(=O)C1C(=O)c2cc3c(cc2C1=O)C(=O)C(C(=O)CNC(=O)OC(C)(C)C)C3=O.CC(C)(C)OC(=O)NCCCCC(=O)C1C(=O)c2cc3c(cc2C1=O)C(=O)C(C(=O)C1CCCN1C(=O)OC(C)(C)C)C3=O. The first kappa shape index (κ1) is 62.8. The topological polar surface area (TPSA) is 349 Å². The van der Waals surface area contributed by atoms with E-state index < -0.39 is 159 Å². The second-order valence-corrected chi connectivity index (χ2v) is 24.3. The molecule has 24 nitrogen and oxygen atoms in total. The Morgan fingerprint density at radius 2 is 0.732 bits per heavy atom. The van der Waals surface area contributed by atoms with E-state index in [4.69, 9.17) is 18.9 Å². The van der Waals surface area contributed by atoms with Crippen LogP contribution in [0.15, 0.2) is 24.3 Å². The number of hydrogen-bond acceptors (Lipinski definition) is 20. The van der Waals surface area contributed by atoms with Crippen LogP contribution >= 0.6 is 0 Å². The Morgan fingerprint density at radius 3 is 1.06 bits per heavy atom. The van der Waals surface area contributed by atoms with E-state index in [1.165, 1.54) is 4.90 Å². The van der Waals surface area contributed by atoms with Gasteiger partial charge in [0.25, 0.3) is 0 Å². The minimum atomic E-state index is -1.75. The lowest BCUT2D eigenvalue weighted by Gasteiger charge is -2.28. The molecule has 1 atom stereocenters. The van der Waals surface area contributed by atoms with Gasteiger partial charge in [0.05, 0.1) is 19.1 Å². The van der Waals surface area contributed by atoms with E-state index in [9.17, 15) is 76.7 Å². The van der Waals surface area contributed by atoms with Gasteiger partial charge in [-0.2, -0.15) is 0 Å². The number of hydrogen-bond donors (Lipinski definition) is 3. The van der Waals surface area contributed by atoms with Crippen molar-refractivity contribution in [2.45, 2.75) is 144 Å². The molecule has 0 radical (unpaired) electrons. The fraction of sp³-hybridized carbons (Fsp3) is 0.517. The van der Waals surface area contributed by atoms with Crippen LogP contribution in [-0.2, 0) is 38.1 Å². The number of benzene rings is 2. The summed E-state index contributed by atoms with van der Waals surface area (Å²) in [7, 11) is 0. The minimum absolute atomic E-state index is 0.0875. The molecule has 1 unspecified atom stereocenters. The van der Waals surface area contributed by atoms with Crippen LogP contribution in [0.3, 0.4) is 0 Å². The van der Waals surface area contributed by atoms with E-state index >= 15 is 0 Å². The standard InChI is InChI=1S/C32H38N2O10.C26H28N2O10/c1-31(2,3)43-29(41)33-12-8-7-11-21(35)22-24(36)16-14-18-19(15-17(16)25(22)37)27(39)23(26(18)38)28(40)20-10-9-13-34(20)30(42)44-32(4,5)6;1-25(2,3)37-23(35)27-9-15(29)17-19(31)11-7-13-14(8-12(11)20(17)32)22(34)18(21(13)33)16(30)10-28-24(36)38-26(4,5)6/h14-15,20,22-23H,7-13H2,1-6H3,(H,33,41);7-8,17-18H,9-10H2,1-6H3,(H,27,35)(H,28,36). The van der Waals surface area contributed by atoms with Gasteiger partial charge >= 0.3 is 24.4 Å². The number of ether oxygens (including phenoxy) is 4. The molecule has 5 aliphatic rings. The zero-order valence-electron chi connectivity index (χ0n) is 47.7. The van der Waals surface area contributed by atoms with Crippen molar-refractivity contribution in [1.82, 2.24) is 20.9 Å². The Balaban J connectivity index is 0.000000267. The monoisotopic (exact) mass is 1140 g/mol. The summed E-state index contributed by atoms with van der Waals surface area (Å²) in [5.41, 5.74) is -4.61. The number of alkyl carbamates (subject to hydrolysis) is 3. The molecule has 3 N–H and O–H groups in total. The van der Waals surface area contributed by atoms with Gasteiger partial charge in [0.1, 0.15) is 46.1 Å². The van der Waals surface area contributed by atoms with Gasteiger partial charge in [-0.05, 0) is 133 Å². The lowest BCUT2D eigenvalue weighted by Crippen LogP contribution is -2.47. The maximum Gasteiger partial charge on any atom is 0.410 e. The van der Waals surface area contributed by atoms with Gasteiger partial charge in [0.15, 0.2) is 69.4 Å². The van der Waals surface area contributed by atoms with Crippen LogP contribution in [0.5, 0.6) is 0 Å². The summed E-state index contributed by atoms with van der Waals surface area (Å²) in [4.78, 5) is 206. The number of carbonyl (C=O) groups excluding carboxylic acids is 16. The van der Waals surface area contributed by atoms with Crippen LogP contribution in [0.2, 0.25) is 0 Å². The molecule has 1 aliphatic heterocycles. The van der Waals surface area contributed by atoms with Crippen molar-refractivity contribution >= 4 is 93.8 Å². The van der Waals surface area contributed by atoms with Gasteiger partial charge in [0, 0.05) is 64.0 Å². The van der Waals surface area contributed by atoms with Crippen LogP contribution < -0.4 is 16.0 Å². The molecule has 1 fully saturated rings. The van der Waals surface area contributed by atoms with Crippen molar-refractivity contribution in [3.63, 3.8) is 0 Å². The second-order valence-electron chi connectivity index (χ2n) is 24.3. The van der Waals surface area contributed by atoms with Crippen molar-refractivity contribution in [2.24, 2.45) is 23.7 Å². The Morgan fingerprint density at radius 1 is 0.427 bits per heavy atom. The molecule has 2 aromatic carbocycles. The van der Waals surface area contributed by atoms with Crippen molar-refractivity contribution in [3.8, 4) is 0 Å². The molecule has 82 heavy (non-hydrogen) atoms. The number of Topliss-reactive ketones (excluding diaryl/α,β-unsaturated/α-hetero) is 12. The smallest absolute Gasteiger partial charge is 0.410 e. The van der Waals surface area contributed by atoms with Gasteiger partial charge in [-0.15, -0.1) is 0 Å². The normalized spacial score (nSPS) is 17.4. The summed E-state index contributed by atoms with van der Waals surface area (Å²) in [6, 6.07) is 3.32. The highest BCUT2D eigenvalue weighted by atomic mass is 16.6. The van der Waals surface area contributed by atoms with Gasteiger partial charge in [-0.25, -0.2) is 19.2 Å². The molecule has 438 valence electrons. The van der Waals surface area contributed by atoms with Crippen LogP contribution in [0.4, 0.5) is 19.2 Å². The van der Waals surface area contributed by atoms with Crippen LogP contribution in [-0.4, -0.2) is 153 Å². The number of rotatable bonds is 14. The van der Waals surface area contributed by atoms with E-state index in [2.05, 4.69) is 16.0 Å². The van der Waals surface area contributed by atoms with Crippen molar-refractivity contribution in [3.05, 3.63) is 68.8 Å². The van der Waals surface area contributed by atoms with Crippen LogP contribution in [0.25, 0.3) is 0 Å². The summed E-state index contributed by atoms with van der Waals surface area (Å²) in [5, 5.41) is 6.96. The number of nitrogens with zero attached hydrogens (tertiary/aromatic N) is 1. The third-order valence-electron chi connectivity index (χ3n) is 13.1. The molecule has 7 rings (SSSR count). The predicted octanol–water partition coefficient (Wildman–Crippen LogP) is 5.77. The first-order chi connectivity index (χ1) is 37.8. The first-order valence-corrected chi connectivity index (χ1v) is 26.5. The van der Waals surface area contributed by atoms with Crippen LogP contribution in [0, 0.1) is 23.7 Å². The summed E-state index contributed by atoms with van der Waals surface area (Å²) in [6.45, 7) is 19.1. The van der Waals surface area contributed by atoms with Gasteiger partial charge in [0.2, 0.25) is 0 Å². The lowest BCUT2D eigenvalue weighted by molar-refractivity contribution is -0.124. The molecule has 0 saturated carbocycles. The van der Waals surface area contributed by atoms with Crippen LogP contribution in [0.1, 0.15) is 198 Å². The zero-order chi connectivity index (χ0) is 61.5. The molecule has 0 aromatic heterocycles. The fourth-order valence-corrected chi connectivity index (χ4v) is 9.70. The van der Waals surface area contributed by atoms with E-state index in [-0.39, 0.29) is 70.4 Å². The third kappa shape index (κ3) is 14.0.